The molecular weight excluding hydrogens is 451 g/mol. The van der Waals surface area contributed by atoms with Gasteiger partial charge in [0.2, 0.25) is 0 Å². The molecule has 2 heterocycles. The van der Waals surface area contributed by atoms with Gasteiger partial charge in [-0.15, -0.1) is 0 Å². The Kier molecular flexibility index (Phi) is 6.62. The molecule has 1 saturated heterocycles. The molecule has 2 atom stereocenters. The Bertz CT molecular complexity index is 1220. The van der Waals surface area contributed by atoms with Crippen LogP contribution in [0.15, 0.2) is 48.8 Å². The number of benzene rings is 2. The fourth-order valence-corrected chi connectivity index (χ4v) is 3.83. The summed E-state index contributed by atoms with van der Waals surface area (Å²) in [6.07, 6.45) is 1.66. The van der Waals surface area contributed by atoms with Crippen molar-refractivity contribution in [1.29, 1.82) is 0 Å². The zero-order valence-corrected chi connectivity index (χ0v) is 18.8. The summed E-state index contributed by atoms with van der Waals surface area (Å²) in [5.74, 6) is 0.291. The highest BCUT2D eigenvalue weighted by molar-refractivity contribution is 6.31. The molecule has 1 aliphatic rings. The van der Waals surface area contributed by atoms with Crippen molar-refractivity contribution in [3.05, 3.63) is 59.7 Å². The van der Waals surface area contributed by atoms with Gasteiger partial charge in [-0.1, -0.05) is 24.2 Å². The third-order valence-electron chi connectivity index (χ3n) is 5.38. The average Bonchev–Trinajstić information content (AvgIpc) is 3.29. The summed E-state index contributed by atoms with van der Waals surface area (Å²) in [5.41, 5.74) is 1.11. The van der Waals surface area contributed by atoms with Crippen LogP contribution >= 0.6 is 11.6 Å². The highest BCUT2D eigenvalue weighted by Gasteiger charge is 2.31. The monoisotopic (exact) mass is 472 g/mol. The molecule has 0 amide bonds. The van der Waals surface area contributed by atoms with E-state index in [0.717, 1.165) is 0 Å². The lowest BCUT2D eigenvalue weighted by Gasteiger charge is -2.17. The second-order valence-corrected chi connectivity index (χ2v) is 7.83. The zero-order valence-electron chi connectivity index (χ0n) is 18.0. The van der Waals surface area contributed by atoms with Crippen LogP contribution in [0.1, 0.15) is 6.42 Å². The Morgan fingerprint density at radius 3 is 2.85 bits per heavy atom. The predicted molar refractivity (Wildman–Crippen MR) is 123 cm³/mol. The number of carbonyl (C=O) groups excluding carboxylic acids is 1. The van der Waals surface area contributed by atoms with E-state index in [2.05, 4.69) is 27.2 Å². The number of nitrogens with one attached hydrogen (secondary N) is 2. The number of rotatable bonds is 7. The van der Waals surface area contributed by atoms with E-state index in [9.17, 15) is 9.18 Å². The number of methoxy groups -OCH3 is 2. The van der Waals surface area contributed by atoms with Crippen molar-refractivity contribution in [2.45, 2.75) is 18.6 Å². The minimum Gasteiger partial charge on any atom is -0.493 e. The van der Waals surface area contributed by atoms with Crippen LogP contribution < -0.4 is 20.1 Å². The number of hydrogen-bond acceptors (Lipinski definition) is 8. The van der Waals surface area contributed by atoms with E-state index in [4.69, 9.17) is 25.8 Å². The van der Waals surface area contributed by atoms with Crippen LogP contribution in [0, 0.1) is 5.82 Å². The molecule has 2 aromatic carbocycles. The fraction of sp³-hybridized carbons (Fsp3) is 0.261. The maximum atomic E-state index is 14.4. The van der Waals surface area contributed by atoms with E-state index in [1.807, 2.05) is 0 Å². The van der Waals surface area contributed by atoms with E-state index in [-0.39, 0.29) is 22.9 Å². The smallest absolute Gasteiger partial charge is 0.334 e. The van der Waals surface area contributed by atoms with Gasteiger partial charge in [-0.2, -0.15) is 0 Å². The minimum atomic E-state index is -0.579. The molecule has 8 nitrogen and oxygen atoms in total. The summed E-state index contributed by atoms with van der Waals surface area (Å²) in [5, 5.41) is 6.79. The van der Waals surface area contributed by atoms with E-state index in [1.165, 1.54) is 26.6 Å². The summed E-state index contributed by atoms with van der Waals surface area (Å²) in [7, 11) is 2.85. The Hall–Kier alpha value is -3.43. The summed E-state index contributed by atoms with van der Waals surface area (Å²) in [6, 6.07) is 7.88. The molecule has 1 aromatic heterocycles. The highest BCUT2D eigenvalue weighted by Crippen LogP contribution is 2.36. The van der Waals surface area contributed by atoms with Gasteiger partial charge in [0.05, 0.1) is 30.4 Å². The first-order valence-corrected chi connectivity index (χ1v) is 10.5. The first kappa shape index (κ1) is 22.8. The van der Waals surface area contributed by atoms with E-state index in [1.54, 1.807) is 24.3 Å². The molecular formula is C23H22ClFN4O4. The number of hydrogen-bond donors (Lipinski definition) is 2. The maximum Gasteiger partial charge on any atom is 0.334 e. The van der Waals surface area contributed by atoms with Gasteiger partial charge >= 0.3 is 5.97 Å². The van der Waals surface area contributed by atoms with Crippen LogP contribution in [0.2, 0.25) is 5.02 Å². The Morgan fingerprint density at radius 2 is 2.09 bits per heavy atom. The number of fused-ring (bicyclic) bond motifs is 1. The van der Waals surface area contributed by atoms with Crippen LogP contribution in [0.4, 0.5) is 15.9 Å². The average molecular weight is 473 g/mol. The van der Waals surface area contributed by atoms with E-state index >= 15 is 0 Å². The highest BCUT2D eigenvalue weighted by atomic mass is 35.5. The molecule has 1 unspecified atom stereocenters. The van der Waals surface area contributed by atoms with Crippen LogP contribution in [0.5, 0.6) is 11.5 Å². The topological polar surface area (TPSA) is 94.6 Å². The molecule has 3 aromatic rings. The minimum absolute atomic E-state index is 0.000818. The van der Waals surface area contributed by atoms with Gasteiger partial charge in [-0.25, -0.2) is 19.2 Å². The summed E-state index contributed by atoms with van der Waals surface area (Å²) in [4.78, 5) is 20.3. The van der Waals surface area contributed by atoms with Crippen LogP contribution in [-0.2, 0) is 9.53 Å². The zero-order chi connectivity index (χ0) is 23.5. The van der Waals surface area contributed by atoms with Gasteiger partial charge in [0.15, 0.2) is 17.3 Å². The molecule has 0 radical (unpaired) electrons. The molecule has 4 rings (SSSR count). The molecule has 0 saturated carbocycles. The lowest BCUT2D eigenvalue weighted by atomic mass is 10.1. The van der Waals surface area contributed by atoms with Gasteiger partial charge < -0.3 is 24.8 Å². The van der Waals surface area contributed by atoms with E-state index in [0.29, 0.717) is 46.8 Å². The quantitative estimate of drug-likeness (QED) is 0.393. The normalized spacial score (nSPS) is 17.6. The third kappa shape index (κ3) is 4.69. The number of carbonyl (C=O) groups is 1. The third-order valence-corrected chi connectivity index (χ3v) is 5.67. The van der Waals surface area contributed by atoms with Crippen molar-refractivity contribution in [2.75, 3.05) is 26.1 Å². The number of anilines is 2. The first-order valence-electron chi connectivity index (χ1n) is 10.1. The molecule has 10 heteroatoms. The van der Waals surface area contributed by atoms with Crippen molar-refractivity contribution in [1.82, 2.24) is 15.3 Å². The molecule has 0 aliphatic carbocycles. The van der Waals surface area contributed by atoms with Gasteiger partial charge in [0.25, 0.3) is 0 Å². The van der Waals surface area contributed by atoms with Crippen molar-refractivity contribution < 1.29 is 23.4 Å². The SMILES string of the molecule is C=C(C(=O)OC)C1C[C@@H](Oc2cc3c(Nc4cccc(Cl)c4F)ncnc3cc2OC)CN1. The fourth-order valence-electron chi connectivity index (χ4n) is 3.65. The summed E-state index contributed by atoms with van der Waals surface area (Å²) < 4.78 is 30.8. The van der Waals surface area contributed by atoms with Crippen molar-refractivity contribution >= 4 is 40.0 Å². The van der Waals surface area contributed by atoms with Crippen molar-refractivity contribution in [2.24, 2.45) is 0 Å². The molecule has 1 aliphatic heterocycles. The lowest BCUT2D eigenvalue weighted by Crippen LogP contribution is -2.27. The Morgan fingerprint density at radius 1 is 1.27 bits per heavy atom. The molecule has 33 heavy (non-hydrogen) atoms. The van der Waals surface area contributed by atoms with Gasteiger partial charge in [-0.3, -0.25) is 0 Å². The number of ether oxygens (including phenoxy) is 3. The van der Waals surface area contributed by atoms with Crippen molar-refractivity contribution in [3.8, 4) is 11.5 Å². The number of halogens is 2. The maximum absolute atomic E-state index is 14.4. The summed E-state index contributed by atoms with van der Waals surface area (Å²) >= 11 is 5.90. The van der Waals surface area contributed by atoms with Crippen molar-refractivity contribution in [3.63, 3.8) is 0 Å². The van der Waals surface area contributed by atoms with Crippen LogP contribution in [-0.4, -0.2) is 48.8 Å². The van der Waals surface area contributed by atoms with Gasteiger partial charge in [0.1, 0.15) is 18.2 Å². The predicted octanol–water partition coefficient (Wildman–Crippen LogP) is 4.01. The second-order valence-electron chi connectivity index (χ2n) is 7.42. The second kappa shape index (κ2) is 9.60. The van der Waals surface area contributed by atoms with E-state index < -0.39 is 11.8 Å². The number of aromatic nitrogens is 2. The van der Waals surface area contributed by atoms with Crippen LogP contribution in [0.25, 0.3) is 10.9 Å². The largest absolute Gasteiger partial charge is 0.493 e. The van der Waals surface area contributed by atoms with Gasteiger partial charge in [0, 0.05) is 36.0 Å². The molecule has 2 N–H and O–H groups in total. The number of nitrogens with zero attached hydrogens (tertiary/aromatic N) is 2. The molecule has 0 bridgehead atoms. The lowest BCUT2D eigenvalue weighted by molar-refractivity contribution is -0.136. The molecule has 0 spiro atoms. The Balaban J connectivity index is 1.62. The standard InChI is InChI=1S/C23H22ClFN4O4/c1-12(23(30)32-3)17-7-13(10-26-17)33-20-8-14-18(9-19(20)31-2)27-11-28-22(14)29-16-6-4-5-15(24)21(16)25/h4-6,8-9,11,13,17,26H,1,7,10H2,2-3H3,(H,27,28,29)/t13-,17?/m1/s1. The first-order chi connectivity index (χ1) is 15.9. The Labute approximate surface area is 194 Å². The number of esters is 1. The molecule has 172 valence electrons. The van der Waals surface area contributed by atoms with Gasteiger partial charge in [-0.05, 0) is 18.2 Å². The van der Waals surface area contributed by atoms with Crippen LogP contribution in [0.3, 0.4) is 0 Å². The molecule has 1 fully saturated rings. The summed E-state index contributed by atoms with van der Waals surface area (Å²) in [6.45, 7) is 4.31.